The van der Waals surface area contributed by atoms with Crippen molar-refractivity contribution in [2.24, 2.45) is 11.8 Å². The van der Waals surface area contributed by atoms with Crippen LogP contribution >= 0.6 is 11.8 Å². The summed E-state index contributed by atoms with van der Waals surface area (Å²) in [6.07, 6.45) is 9.63. The van der Waals surface area contributed by atoms with E-state index in [1.165, 1.54) is 22.4 Å². The fourth-order valence-electron chi connectivity index (χ4n) is 5.87. The number of sulfone groups is 1. The van der Waals surface area contributed by atoms with Gasteiger partial charge in [-0.3, -0.25) is 4.79 Å². The summed E-state index contributed by atoms with van der Waals surface area (Å²) in [4.78, 5) is 19.6. The number of nitrogens with zero attached hydrogens (tertiary/aromatic N) is 3. The van der Waals surface area contributed by atoms with E-state index in [9.17, 15) is 21.6 Å². The van der Waals surface area contributed by atoms with E-state index in [2.05, 4.69) is 11.0 Å². The summed E-state index contributed by atoms with van der Waals surface area (Å²) in [5.74, 6) is 0.505. The third kappa shape index (κ3) is 9.03. The summed E-state index contributed by atoms with van der Waals surface area (Å²) < 4.78 is 48.8. The Morgan fingerprint density at radius 3 is 2.17 bits per heavy atom. The zero-order valence-electron chi connectivity index (χ0n) is 24.4. The van der Waals surface area contributed by atoms with Crippen LogP contribution in [0, 0.1) is 11.8 Å². The first kappa shape index (κ1) is 32.0. The molecule has 2 aliphatic heterocycles. The summed E-state index contributed by atoms with van der Waals surface area (Å²) in [7, 11) is -6.41. The maximum absolute atomic E-state index is 13.7. The van der Waals surface area contributed by atoms with E-state index in [0.29, 0.717) is 43.3 Å². The predicted molar refractivity (Wildman–Crippen MR) is 167 cm³/mol. The third-order valence-corrected chi connectivity index (χ3v) is 11.5. The van der Waals surface area contributed by atoms with Crippen molar-refractivity contribution in [3.8, 4) is 0 Å². The molecule has 2 fully saturated rings. The van der Waals surface area contributed by atoms with Crippen molar-refractivity contribution in [2.75, 3.05) is 62.9 Å². The van der Waals surface area contributed by atoms with E-state index in [0.717, 1.165) is 55.9 Å². The Labute approximate surface area is 250 Å². The van der Waals surface area contributed by atoms with Gasteiger partial charge in [-0.1, -0.05) is 18.2 Å². The molecule has 0 unspecified atom stereocenters. The van der Waals surface area contributed by atoms with Crippen molar-refractivity contribution >= 4 is 43.2 Å². The predicted octanol–water partition coefficient (Wildman–Crippen LogP) is 4.16. The zero-order valence-corrected chi connectivity index (χ0v) is 26.8. The molecule has 2 saturated heterocycles. The molecule has 0 spiro atoms. The molecule has 4 rings (SSSR count). The molecule has 2 heterocycles. The number of thioether (sulfide) groups is 1. The quantitative estimate of drug-likeness (QED) is 0.348. The fourth-order valence-corrected chi connectivity index (χ4v) is 7.83. The highest BCUT2D eigenvalue weighted by atomic mass is 32.2. The Morgan fingerprint density at radius 2 is 1.59 bits per heavy atom. The first-order valence-corrected chi connectivity index (χ1v) is 19.3. The Balaban J connectivity index is 1.30. The SMILES string of the molecule is CSc1cccc(N(CCCN2CCC(Cc3ccc(S(C)(=O)=O)cc3)CC2)C(=O)C2CCN(S(C)(=O)=O)CC2)c1. The first-order valence-electron chi connectivity index (χ1n) is 14.4. The van der Waals surface area contributed by atoms with Crippen LogP contribution in [0.5, 0.6) is 0 Å². The molecular weight excluding hydrogens is 579 g/mol. The molecule has 226 valence electrons. The lowest BCUT2D eigenvalue weighted by atomic mass is 9.90. The topological polar surface area (TPSA) is 95.1 Å². The van der Waals surface area contributed by atoms with E-state index in [1.54, 1.807) is 23.9 Å². The van der Waals surface area contributed by atoms with Crippen molar-refractivity contribution in [1.82, 2.24) is 9.21 Å². The highest BCUT2D eigenvalue weighted by Crippen LogP contribution is 2.28. The monoisotopic (exact) mass is 621 g/mol. The van der Waals surface area contributed by atoms with Gasteiger partial charge in [0, 0.05) is 42.4 Å². The average molecular weight is 622 g/mol. The third-order valence-electron chi connectivity index (χ3n) is 8.34. The van der Waals surface area contributed by atoms with E-state index < -0.39 is 19.9 Å². The van der Waals surface area contributed by atoms with E-state index in [4.69, 9.17) is 0 Å². The second kappa shape index (κ2) is 14.0. The lowest BCUT2D eigenvalue weighted by molar-refractivity contribution is -0.123. The van der Waals surface area contributed by atoms with Crippen molar-refractivity contribution < 1.29 is 21.6 Å². The van der Waals surface area contributed by atoms with E-state index in [1.807, 2.05) is 41.5 Å². The number of piperidine rings is 2. The molecule has 11 heteroatoms. The number of carbonyl (C=O) groups is 1. The van der Waals surface area contributed by atoms with Crippen molar-refractivity contribution in [2.45, 2.75) is 48.3 Å². The molecule has 0 aliphatic carbocycles. The van der Waals surface area contributed by atoms with Gasteiger partial charge in [0.15, 0.2) is 9.84 Å². The number of anilines is 1. The smallest absolute Gasteiger partial charge is 0.230 e. The Kier molecular flexibility index (Phi) is 11.0. The molecule has 1 amide bonds. The van der Waals surface area contributed by atoms with Crippen LogP contribution in [0.25, 0.3) is 0 Å². The van der Waals surface area contributed by atoms with Crippen LogP contribution in [0.4, 0.5) is 5.69 Å². The average Bonchev–Trinajstić information content (AvgIpc) is 2.95. The van der Waals surface area contributed by atoms with Crippen molar-refractivity contribution in [1.29, 1.82) is 0 Å². The molecule has 2 aromatic carbocycles. The lowest BCUT2D eigenvalue weighted by Crippen LogP contribution is -2.45. The zero-order chi connectivity index (χ0) is 29.6. The summed E-state index contributed by atoms with van der Waals surface area (Å²) in [6, 6.07) is 15.4. The highest BCUT2D eigenvalue weighted by molar-refractivity contribution is 7.98. The van der Waals surface area contributed by atoms with Gasteiger partial charge in [0.25, 0.3) is 0 Å². The van der Waals surface area contributed by atoms with Gasteiger partial charge in [-0.25, -0.2) is 21.1 Å². The number of hydrogen-bond donors (Lipinski definition) is 0. The van der Waals surface area contributed by atoms with Crippen molar-refractivity contribution in [3.05, 3.63) is 54.1 Å². The molecule has 8 nitrogen and oxygen atoms in total. The number of rotatable bonds is 11. The van der Waals surface area contributed by atoms with Crippen LogP contribution < -0.4 is 4.90 Å². The summed E-state index contributed by atoms with van der Waals surface area (Å²) >= 11 is 1.65. The second-order valence-corrected chi connectivity index (χ2v) is 16.3. The Bertz CT molecular complexity index is 1380. The maximum atomic E-state index is 13.7. The van der Waals surface area contributed by atoms with Crippen molar-refractivity contribution in [3.63, 3.8) is 0 Å². The number of likely N-dealkylation sites (tertiary alicyclic amines) is 1. The van der Waals surface area contributed by atoms with Crippen LogP contribution in [0.3, 0.4) is 0 Å². The van der Waals surface area contributed by atoms with Gasteiger partial charge in [-0.15, -0.1) is 11.8 Å². The first-order chi connectivity index (χ1) is 19.4. The molecule has 0 radical (unpaired) electrons. The lowest BCUT2D eigenvalue weighted by Gasteiger charge is -2.35. The van der Waals surface area contributed by atoms with Gasteiger partial charge >= 0.3 is 0 Å². The van der Waals surface area contributed by atoms with Crippen LogP contribution in [0.1, 0.15) is 37.7 Å². The molecule has 0 saturated carbocycles. The molecule has 2 aliphatic rings. The minimum absolute atomic E-state index is 0.0944. The summed E-state index contributed by atoms with van der Waals surface area (Å²) in [5.41, 5.74) is 2.09. The number of amides is 1. The number of hydrogen-bond acceptors (Lipinski definition) is 7. The van der Waals surface area contributed by atoms with Crippen LogP contribution in [-0.4, -0.2) is 90.0 Å². The largest absolute Gasteiger partial charge is 0.312 e. The second-order valence-electron chi connectivity index (χ2n) is 11.4. The van der Waals surface area contributed by atoms with Gasteiger partial charge in [0.05, 0.1) is 11.2 Å². The summed E-state index contributed by atoms with van der Waals surface area (Å²) in [6.45, 7) is 4.39. The standard InChI is InChI=1S/C30H43N3O5S3/c1-39-28-7-4-6-27(23-28)33(30(34)26-14-20-32(21-15-26)41(3,37)38)17-5-16-31-18-12-25(13-19-31)22-24-8-10-29(11-9-24)40(2,35)36/h4,6-11,23,25-26H,5,12-22H2,1-3H3. The maximum Gasteiger partial charge on any atom is 0.230 e. The Hall–Kier alpha value is -1.92. The van der Waals surface area contributed by atoms with Crippen LogP contribution in [-0.2, 0) is 31.1 Å². The van der Waals surface area contributed by atoms with Gasteiger partial charge in [0.2, 0.25) is 15.9 Å². The molecule has 0 N–H and O–H groups in total. The van der Waals surface area contributed by atoms with E-state index >= 15 is 0 Å². The number of carbonyl (C=O) groups excluding carboxylic acids is 1. The minimum Gasteiger partial charge on any atom is -0.312 e. The molecule has 0 atom stereocenters. The van der Waals surface area contributed by atoms with Gasteiger partial charge in [-0.05, 0) is 106 Å². The molecule has 0 bridgehead atoms. The van der Waals surface area contributed by atoms with Crippen LogP contribution in [0.2, 0.25) is 0 Å². The van der Waals surface area contributed by atoms with Crippen LogP contribution in [0.15, 0.2) is 58.3 Å². The highest BCUT2D eigenvalue weighted by Gasteiger charge is 2.32. The van der Waals surface area contributed by atoms with Gasteiger partial charge in [-0.2, -0.15) is 0 Å². The van der Waals surface area contributed by atoms with Gasteiger partial charge in [0.1, 0.15) is 0 Å². The molecule has 2 aromatic rings. The fraction of sp³-hybridized carbons (Fsp3) is 0.567. The van der Waals surface area contributed by atoms with E-state index in [-0.39, 0.29) is 11.8 Å². The molecular formula is C30H43N3O5S3. The molecule has 0 aromatic heterocycles. The number of sulfonamides is 1. The minimum atomic E-state index is -3.23. The Morgan fingerprint density at radius 1 is 0.927 bits per heavy atom. The number of benzene rings is 2. The normalized spacial score (nSPS) is 18.4. The van der Waals surface area contributed by atoms with Gasteiger partial charge < -0.3 is 9.80 Å². The summed E-state index contributed by atoms with van der Waals surface area (Å²) in [5, 5.41) is 0. The molecule has 41 heavy (non-hydrogen) atoms.